The van der Waals surface area contributed by atoms with Crippen LogP contribution in [0.5, 0.6) is 0 Å². The monoisotopic (exact) mass is 473 g/mol. The first-order valence-corrected chi connectivity index (χ1v) is 10.8. The van der Waals surface area contributed by atoms with Crippen LogP contribution in [0, 0.1) is 0 Å². The van der Waals surface area contributed by atoms with Gasteiger partial charge >= 0.3 is 11.9 Å². The fourth-order valence-electron chi connectivity index (χ4n) is 4.01. The van der Waals surface area contributed by atoms with Crippen LogP contribution >= 0.6 is 0 Å². The Morgan fingerprint density at radius 3 is 2.62 bits per heavy atom. The van der Waals surface area contributed by atoms with Crippen LogP contribution in [0.1, 0.15) is 24.8 Å². The molecule has 12 nitrogen and oxygen atoms in total. The predicted molar refractivity (Wildman–Crippen MR) is 120 cm³/mol. The number of hydrogen-bond donors (Lipinski definition) is 6. The van der Waals surface area contributed by atoms with Crippen LogP contribution in [-0.4, -0.2) is 81.0 Å². The van der Waals surface area contributed by atoms with Gasteiger partial charge in [-0.15, -0.1) is 0 Å². The molecular weight excluding hydrogens is 446 g/mol. The highest BCUT2D eigenvalue weighted by Gasteiger charge is 2.36. The Hall–Kier alpha value is -3.93. The van der Waals surface area contributed by atoms with Crippen molar-refractivity contribution in [3.05, 3.63) is 36.0 Å². The van der Waals surface area contributed by atoms with E-state index in [1.165, 1.54) is 4.90 Å². The van der Waals surface area contributed by atoms with E-state index >= 15 is 0 Å². The number of aromatic amines is 1. The van der Waals surface area contributed by atoms with Crippen LogP contribution in [0.2, 0.25) is 0 Å². The lowest BCUT2D eigenvalue weighted by molar-refractivity contribution is -0.148. The number of benzene rings is 1. The Balaban J connectivity index is 1.53. The number of aliphatic carboxylic acids is 2. The van der Waals surface area contributed by atoms with Crippen LogP contribution in [0.15, 0.2) is 30.5 Å². The van der Waals surface area contributed by atoms with E-state index in [0.717, 1.165) is 16.5 Å². The number of aromatic nitrogens is 1. The second-order valence-corrected chi connectivity index (χ2v) is 8.13. The molecule has 0 bridgehead atoms. The predicted octanol–water partition coefficient (Wildman–Crippen LogP) is -0.811. The van der Waals surface area contributed by atoms with E-state index < -0.39 is 54.2 Å². The number of H-pyrrole nitrogens is 1. The number of para-hydroxylation sites is 1. The maximum Gasteiger partial charge on any atom is 0.326 e. The van der Waals surface area contributed by atoms with Gasteiger partial charge in [0.2, 0.25) is 17.7 Å². The molecule has 0 saturated carbocycles. The van der Waals surface area contributed by atoms with Gasteiger partial charge in [-0.2, -0.15) is 0 Å². The van der Waals surface area contributed by atoms with Gasteiger partial charge < -0.3 is 36.5 Å². The number of carboxylic acids is 2. The van der Waals surface area contributed by atoms with Crippen molar-refractivity contribution in [3.63, 3.8) is 0 Å². The first-order valence-electron chi connectivity index (χ1n) is 10.8. The Labute approximate surface area is 194 Å². The molecule has 1 aliphatic rings. The first kappa shape index (κ1) is 24.7. The number of nitrogens with one attached hydrogen (secondary N) is 3. The molecule has 1 fully saturated rings. The van der Waals surface area contributed by atoms with Crippen LogP contribution in [0.4, 0.5) is 0 Å². The number of amides is 3. The lowest BCUT2D eigenvalue weighted by Crippen LogP contribution is -2.53. The van der Waals surface area contributed by atoms with Gasteiger partial charge in [-0.3, -0.25) is 19.2 Å². The van der Waals surface area contributed by atoms with Gasteiger partial charge in [0.05, 0.1) is 19.0 Å². The molecule has 1 aromatic heterocycles. The van der Waals surface area contributed by atoms with Crippen molar-refractivity contribution in [1.82, 2.24) is 20.5 Å². The van der Waals surface area contributed by atoms with Crippen molar-refractivity contribution in [2.45, 2.75) is 43.8 Å². The zero-order valence-corrected chi connectivity index (χ0v) is 18.3. The number of rotatable bonds is 10. The standard InChI is InChI=1S/C22H27N5O7/c23-14(8-12-10-24-15-5-2-1-4-13(12)15)20(31)25-11-18(28)27-7-3-6-17(27)21(32)26-16(22(33)34)9-19(29)30/h1-2,4-5,10,14,16-17,24H,3,6-9,11,23H2,(H,25,31)(H,26,32)(H,29,30)(H,33,34). The zero-order valence-electron chi connectivity index (χ0n) is 18.3. The molecule has 3 unspecified atom stereocenters. The number of fused-ring (bicyclic) bond motifs is 1. The Morgan fingerprint density at radius 1 is 1.18 bits per heavy atom. The van der Waals surface area contributed by atoms with E-state index in [1.54, 1.807) is 6.20 Å². The van der Waals surface area contributed by atoms with Crippen molar-refractivity contribution in [2.75, 3.05) is 13.1 Å². The SMILES string of the molecule is NC(Cc1c[nH]c2ccccc12)C(=O)NCC(=O)N1CCCC1C(=O)NC(CC(=O)O)C(=O)O. The normalized spacial score (nSPS) is 17.2. The van der Waals surface area contributed by atoms with Gasteiger partial charge in [0.25, 0.3) is 0 Å². The Morgan fingerprint density at radius 2 is 1.91 bits per heavy atom. The molecule has 12 heteroatoms. The van der Waals surface area contributed by atoms with E-state index in [-0.39, 0.29) is 19.5 Å². The molecule has 0 radical (unpaired) electrons. The van der Waals surface area contributed by atoms with Gasteiger partial charge in [-0.1, -0.05) is 18.2 Å². The van der Waals surface area contributed by atoms with Crippen molar-refractivity contribution < 1.29 is 34.2 Å². The smallest absolute Gasteiger partial charge is 0.326 e. The molecule has 3 amide bonds. The molecule has 1 saturated heterocycles. The Kier molecular flexibility index (Phi) is 7.84. The highest BCUT2D eigenvalue weighted by molar-refractivity contribution is 5.94. The molecule has 0 aliphatic carbocycles. The minimum Gasteiger partial charge on any atom is -0.481 e. The summed E-state index contributed by atoms with van der Waals surface area (Å²) in [5.41, 5.74) is 7.81. The van der Waals surface area contributed by atoms with Crippen molar-refractivity contribution >= 4 is 40.6 Å². The Bertz CT molecular complexity index is 1100. The number of carbonyl (C=O) groups is 5. The van der Waals surface area contributed by atoms with Gasteiger partial charge in [-0.05, 0) is 30.9 Å². The summed E-state index contributed by atoms with van der Waals surface area (Å²) >= 11 is 0. The fraction of sp³-hybridized carbons (Fsp3) is 0.409. The minimum atomic E-state index is -1.61. The lowest BCUT2D eigenvalue weighted by atomic mass is 10.1. The fourth-order valence-corrected chi connectivity index (χ4v) is 4.01. The lowest BCUT2D eigenvalue weighted by Gasteiger charge is -2.25. The summed E-state index contributed by atoms with van der Waals surface area (Å²) in [7, 11) is 0. The zero-order chi connectivity index (χ0) is 24.8. The summed E-state index contributed by atoms with van der Waals surface area (Å²) in [6.07, 6.45) is 2.07. The summed E-state index contributed by atoms with van der Waals surface area (Å²) in [6.45, 7) is -0.119. The summed E-state index contributed by atoms with van der Waals surface area (Å²) in [4.78, 5) is 64.0. The third kappa shape index (κ3) is 5.90. The first-order chi connectivity index (χ1) is 16.2. The van der Waals surface area contributed by atoms with Crippen LogP contribution in [0.25, 0.3) is 10.9 Å². The van der Waals surface area contributed by atoms with Gasteiger partial charge in [-0.25, -0.2) is 4.79 Å². The third-order valence-electron chi connectivity index (χ3n) is 5.73. The van der Waals surface area contributed by atoms with Crippen molar-refractivity contribution in [1.29, 1.82) is 0 Å². The van der Waals surface area contributed by atoms with Crippen LogP contribution < -0.4 is 16.4 Å². The number of hydrogen-bond acceptors (Lipinski definition) is 6. The summed E-state index contributed by atoms with van der Waals surface area (Å²) < 4.78 is 0. The second-order valence-electron chi connectivity index (χ2n) is 8.13. The van der Waals surface area contributed by atoms with E-state index in [2.05, 4.69) is 15.6 Å². The molecule has 1 aromatic carbocycles. The van der Waals surface area contributed by atoms with Gasteiger partial charge in [0.15, 0.2) is 0 Å². The van der Waals surface area contributed by atoms with Gasteiger partial charge in [0.1, 0.15) is 12.1 Å². The molecule has 3 rings (SSSR count). The van der Waals surface area contributed by atoms with Crippen molar-refractivity contribution in [2.24, 2.45) is 5.73 Å². The van der Waals surface area contributed by atoms with E-state index in [9.17, 15) is 24.0 Å². The van der Waals surface area contributed by atoms with Crippen LogP contribution in [0.3, 0.4) is 0 Å². The second kappa shape index (κ2) is 10.8. The maximum atomic E-state index is 12.7. The molecular formula is C22H27N5O7. The van der Waals surface area contributed by atoms with Crippen LogP contribution in [-0.2, 0) is 30.4 Å². The number of nitrogens with two attached hydrogens (primary N) is 1. The topological polar surface area (TPSA) is 195 Å². The highest BCUT2D eigenvalue weighted by atomic mass is 16.4. The van der Waals surface area contributed by atoms with E-state index in [0.29, 0.717) is 12.8 Å². The van der Waals surface area contributed by atoms with E-state index in [4.69, 9.17) is 15.9 Å². The number of carboxylic acid groups (broad SMARTS) is 2. The molecule has 3 atom stereocenters. The molecule has 2 heterocycles. The summed E-state index contributed by atoms with van der Waals surface area (Å²) in [5, 5.41) is 23.6. The largest absolute Gasteiger partial charge is 0.481 e. The van der Waals surface area contributed by atoms with E-state index in [1.807, 2.05) is 24.3 Å². The number of carbonyl (C=O) groups excluding carboxylic acids is 3. The summed E-state index contributed by atoms with van der Waals surface area (Å²) in [5.74, 6) is -4.65. The highest BCUT2D eigenvalue weighted by Crippen LogP contribution is 2.19. The van der Waals surface area contributed by atoms with Crippen molar-refractivity contribution in [3.8, 4) is 0 Å². The maximum absolute atomic E-state index is 12.7. The average Bonchev–Trinajstić information content (AvgIpc) is 3.44. The quantitative estimate of drug-likeness (QED) is 0.258. The molecule has 7 N–H and O–H groups in total. The molecule has 1 aliphatic heterocycles. The molecule has 0 spiro atoms. The molecule has 182 valence electrons. The molecule has 34 heavy (non-hydrogen) atoms. The average molecular weight is 473 g/mol. The molecule has 2 aromatic rings. The summed E-state index contributed by atoms with van der Waals surface area (Å²) in [6, 6.07) is 4.15. The van der Waals surface area contributed by atoms with Gasteiger partial charge in [0, 0.05) is 23.6 Å². The minimum absolute atomic E-state index is 0.255. The number of nitrogens with zero attached hydrogens (tertiary/aromatic N) is 1. The number of likely N-dealkylation sites (tertiary alicyclic amines) is 1. The third-order valence-corrected chi connectivity index (χ3v) is 5.73.